The van der Waals surface area contributed by atoms with Crippen molar-refractivity contribution in [2.75, 3.05) is 0 Å². The van der Waals surface area contributed by atoms with Crippen LogP contribution < -0.4 is 29.0 Å². The van der Waals surface area contributed by atoms with Crippen LogP contribution in [-0.4, -0.2) is 65.1 Å². The third-order valence-electron chi connectivity index (χ3n) is 18.3. The van der Waals surface area contributed by atoms with E-state index in [1.165, 1.54) is 60.5 Å². The van der Waals surface area contributed by atoms with Crippen molar-refractivity contribution in [2.24, 2.45) is 21.1 Å². The second kappa shape index (κ2) is 36.6. The predicted octanol–water partition coefficient (Wildman–Crippen LogP) is 18.2. The first kappa shape index (κ1) is 83.2. The van der Waals surface area contributed by atoms with Gasteiger partial charge in [-0.2, -0.15) is 47.2 Å². The van der Waals surface area contributed by atoms with Gasteiger partial charge < -0.3 is 30.5 Å². The zero-order chi connectivity index (χ0) is 78.5. The standard InChI is InChI=1S/3C19H10N3S.C13H17N3.C10H11N3.C9H7F3N4.3Ir/c3*1-2-6-17-13(4-1)14-8-7-12(10-18(14)23-17)16-11-21-15-5-3-9-20-19(15)22-16;1-13(2,3)12-9-10(14-15-12)11-7-5-6-8-16(11)4;1-8-7-9(12-11-8)10-5-3-4-6-13(10)2;1-16-5-3-2-4-6(16)7-13-8(15-14-7)9(10,11)12;;;/h3*1-6,8-11H;5-9H,1-4H3;3-7H,1-2H3;2-5H,1H3;;;/q3*-1;;;;;;. The van der Waals surface area contributed by atoms with Gasteiger partial charge >= 0.3 is 6.18 Å². The van der Waals surface area contributed by atoms with Crippen molar-refractivity contribution in [3.8, 4) is 68.1 Å². The molecule has 0 unspecified atom stereocenters. The fraction of sp³-hybridized carbons (Fsp3) is 0.101. The van der Waals surface area contributed by atoms with E-state index in [4.69, 9.17) is 0 Å². The van der Waals surface area contributed by atoms with Crippen molar-refractivity contribution in [1.82, 2.24) is 80.4 Å². The fourth-order valence-electron chi connectivity index (χ4n) is 12.5. The van der Waals surface area contributed by atoms with Gasteiger partial charge in [0, 0.05) is 188 Å². The molecular formula is C89H65F3Ir3N19S3-3. The maximum Gasteiger partial charge on any atom is 0.429 e. The normalized spacial score (nSPS) is 11.1. The van der Waals surface area contributed by atoms with Crippen molar-refractivity contribution in [3.63, 3.8) is 0 Å². The Hall–Kier alpha value is -11.8. The summed E-state index contributed by atoms with van der Waals surface area (Å²) >= 11 is 5.37. The maximum absolute atomic E-state index is 12.2. The molecule has 28 heteroatoms. The molecule has 0 N–H and O–H groups in total. The molecule has 15 aromatic heterocycles. The number of hydrogen-bond acceptors (Lipinski definition) is 16. The number of aryl methyl sites for hydroxylation is 4. The minimum atomic E-state index is -4.56. The van der Waals surface area contributed by atoms with Gasteiger partial charge in [0.1, 0.15) is 43.5 Å². The van der Waals surface area contributed by atoms with Crippen LogP contribution in [0.4, 0.5) is 13.2 Å². The molecule has 585 valence electrons. The molecule has 21 rings (SSSR count). The first-order valence-electron chi connectivity index (χ1n) is 35.9. The largest absolute Gasteiger partial charge is 0.570 e. The number of aromatic nitrogens is 19. The fourth-order valence-corrected chi connectivity index (χ4v) is 15.9. The van der Waals surface area contributed by atoms with Crippen molar-refractivity contribution in [1.29, 1.82) is 0 Å². The Labute approximate surface area is 721 Å². The summed E-state index contributed by atoms with van der Waals surface area (Å²) in [6, 6.07) is 80.5. The predicted molar refractivity (Wildman–Crippen MR) is 442 cm³/mol. The number of benzene rings is 6. The average molecular weight is 2130 g/mol. The summed E-state index contributed by atoms with van der Waals surface area (Å²) in [6.45, 7) is 8.38. The second-order valence-electron chi connectivity index (χ2n) is 27.3. The number of halogens is 3. The monoisotopic (exact) mass is 2130 g/mol. The second-order valence-corrected chi connectivity index (χ2v) is 30.5. The first-order chi connectivity index (χ1) is 55.4. The van der Waals surface area contributed by atoms with Gasteiger partial charge in [0.25, 0.3) is 0 Å². The topological polar surface area (TPSA) is 222 Å². The van der Waals surface area contributed by atoms with Crippen LogP contribution in [0.3, 0.4) is 0 Å². The molecule has 0 aliphatic heterocycles. The van der Waals surface area contributed by atoms with E-state index in [-0.39, 0.29) is 71.6 Å². The van der Waals surface area contributed by atoms with Gasteiger partial charge in [-0.05, 0) is 133 Å². The van der Waals surface area contributed by atoms with Gasteiger partial charge in [0.2, 0.25) is 5.69 Å². The molecule has 19 nitrogen and oxygen atoms in total. The van der Waals surface area contributed by atoms with Crippen molar-refractivity contribution in [3.05, 3.63) is 304 Å². The minimum absolute atomic E-state index is 0. The van der Waals surface area contributed by atoms with E-state index >= 15 is 0 Å². The van der Waals surface area contributed by atoms with Crippen molar-refractivity contribution < 1.29 is 87.2 Å². The van der Waals surface area contributed by atoms with Gasteiger partial charge in [-0.3, -0.25) is 35.0 Å². The molecule has 0 bridgehead atoms. The van der Waals surface area contributed by atoms with Gasteiger partial charge in [-0.25, -0.2) is 28.7 Å². The smallest absolute Gasteiger partial charge is 0.429 e. The molecule has 117 heavy (non-hydrogen) atoms. The zero-order valence-electron chi connectivity index (χ0n) is 63.3. The van der Waals surface area contributed by atoms with Crippen molar-refractivity contribution in [2.45, 2.75) is 39.3 Å². The molecule has 0 saturated carbocycles. The number of alkyl halides is 3. The Balaban J connectivity index is 0.000000123. The van der Waals surface area contributed by atoms with Crippen LogP contribution in [0.2, 0.25) is 0 Å². The van der Waals surface area contributed by atoms with E-state index in [0.29, 0.717) is 22.6 Å². The third kappa shape index (κ3) is 18.9. The summed E-state index contributed by atoms with van der Waals surface area (Å²) < 4.78 is 50.0. The summed E-state index contributed by atoms with van der Waals surface area (Å²) in [5.74, 6) is -1.25. The van der Waals surface area contributed by atoms with Gasteiger partial charge in [0.05, 0.1) is 0 Å². The number of fused-ring (bicyclic) bond motifs is 12. The SMILES string of the molecule is C[n+]1ccccc1-c1cc(C(C)(C)C)n[n-]1.C[n+]1ccccc1-c1nc(C(F)(F)F)n[n-]1.Cc1cc(-c2cccc[n+]2C)[n-]n1.[Ir].[Ir].[Ir].[c-]1cc2c(cc1-c1cnc3cccnc3n1)sc1ccccc12.[c-]1cc2c(cc1-c1cnc3cccnc3n1)sc1ccccc12.[c-]1cc2c(cc1-c1cnc3cccnc3n1)sc1ccccc12. The summed E-state index contributed by atoms with van der Waals surface area (Å²) in [5, 5.41) is 30.5. The van der Waals surface area contributed by atoms with E-state index in [1.807, 2.05) is 129 Å². The van der Waals surface area contributed by atoms with Gasteiger partial charge in [-0.15, -0.1) is 71.3 Å². The third-order valence-corrected chi connectivity index (χ3v) is 21.7. The quantitative estimate of drug-likeness (QED) is 0.112. The Bertz CT molecular complexity index is 6520. The molecule has 0 aliphatic carbocycles. The first-order valence-corrected chi connectivity index (χ1v) is 38.3. The van der Waals surface area contributed by atoms with Crippen molar-refractivity contribution >= 4 is 128 Å². The van der Waals surface area contributed by atoms with E-state index in [9.17, 15) is 13.2 Å². The summed E-state index contributed by atoms with van der Waals surface area (Å²) in [7, 11) is 5.71. The molecule has 0 saturated heterocycles. The Morgan fingerprint density at radius 2 is 0.735 bits per heavy atom. The van der Waals surface area contributed by atoms with Crippen LogP contribution in [0.25, 0.3) is 162 Å². The minimum Gasteiger partial charge on any atom is -0.570 e. The molecule has 15 heterocycles. The number of rotatable bonds is 6. The molecule has 21 aromatic rings. The zero-order valence-corrected chi connectivity index (χ0v) is 72.9. The van der Waals surface area contributed by atoms with E-state index in [2.05, 4.69) is 227 Å². The number of pyridine rings is 6. The molecule has 0 atom stereocenters. The van der Waals surface area contributed by atoms with Crippen LogP contribution in [0, 0.1) is 25.1 Å². The Morgan fingerprint density at radius 3 is 1.09 bits per heavy atom. The molecule has 0 amide bonds. The maximum atomic E-state index is 12.2. The average Bonchev–Trinajstić information content (AvgIpc) is 1.66. The molecule has 6 aromatic carbocycles. The summed E-state index contributed by atoms with van der Waals surface area (Å²) in [4.78, 5) is 43.3. The van der Waals surface area contributed by atoms with E-state index in [1.54, 1.807) is 107 Å². The molecule has 0 spiro atoms. The van der Waals surface area contributed by atoms with Gasteiger partial charge in [0.15, 0.2) is 46.9 Å². The van der Waals surface area contributed by atoms with E-state index < -0.39 is 12.0 Å². The summed E-state index contributed by atoms with van der Waals surface area (Å²) in [6.07, 6.45) is 11.7. The Morgan fingerprint density at radius 1 is 0.368 bits per heavy atom. The summed E-state index contributed by atoms with van der Waals surface area (Å²) in [5.41, 5.74) is 16.2. The molecule has 3 radical (unpaired) electrons. The van der Waals surface area contributed by atoms with Crippen LogP contribution >= 0.6 is 34.0 Å². The van der Waals surface area contributed by atoms with Crippen LogP contribution in [0.5, 0.6) is 0 Å². The molecule has 0 aliphatic rings. The van der Waals surface area contributed by atoms with E-state index in [0.717, 1.165) is 84.5 Å². The van der Waals surface area contributed by atoms with Gasteiger partial charge in [-0.1, -0.05) is 91.5 Å². The van der Waals surface area contributed by atoms with Crippen LogP contribution in [-0.2, 0) is 93.1 Å². The Kier molecular flexibility index (Phi) is 26.0. The number of nitrogens with zero attached hydrogens (tertiary/aromatic N) is 19. The molecule has 0 fully saturated rings. The number of thiophene rings is 3. The number of hydrogen-bond donors (Lipinski definition) is 0. The van der Waals surface area contributed by atoms with Crippen LogP contribution in [0.15, 0.2) is 268 Å². The molecular weight excluding hydrogens is 2060 g/mol. The van der Waals surface area contributed by atoms with Crippen LogP contribution in [0.1, 0.15) is 38.0 Å².